The lowest BCUT2D eigenvalue weighted by atomic mass is 9.91. The average Bonchev–Trinajstić information content (AvgIpc) is 2.38. The predicted molar refractivity (Wildman–Crippen MR) is 81.4 cm³/mol. The fourth-order valence-electron chi connectivity index (χ4n) is 3.11. The molecule has 3 nitrogen and oxygen atoms in total. The van der Waals surface area contributed by atoms with E-state index < -0.39 is 0 Å². The summed E-state index contributed by atoms with van der Waals surface area (Å²) in [7, 11) is 0. The molecule has 0 bridgehead atoms. The zero-order valence-electron chi connectivity index (χ0n) is 12.5. The van der Waals surface area contributed by atoms with Crippen LogP contribution in [0.3, 0.4) is 0 Å². The first-order valence-corrected chi connectivity index (χ1v) is 7.59. The van der Waals surface area contributed by atoms with Gasteiger partial charge in [-0.15, -0.1) is 0 Å². The van der Waals surface area contributed by atoms with Gasteiger partial charge in [-0.1, -0.05) is 20.8 Å². The van der Waals surface area contributed by atoms with Gasteiger partial charge in [0.25, 0.3) is 0 Å². The largest absolute Gasteiger partial charge is 0.369 e. The highest BCUT2D eigenvalue weighted by Gasteiger charge is 2.23. The summed E-state index contributed by atoms with van der Waals surface area (Å²) < 4.78 is 0. The molecule has 0 radical (unpaired) electrons. The van der Waals surface area contributed by atoms with Crippen LogP contribution in [0, 0.1) is 11.8 Å². The fourth-order valence-corrected chi connectivity index (χ4v) is 3.11. The maximum Gasteiger partial charge on any atom is 0.0598 e. The lowest BCUT2D eigenvalue weighted by Crippen LogP contribution is -2.39. The molecule has 2 unspecified atom stereocenters. The predicted octanol–water partition coefficient (Wildman–Crippen LogP) is 3.06. The van der Waals surface area contributed by atoms with Crippen LogP contribution in [0.1, 0.15) is 39.2 Å². The second-order valence-electron chi connectivity index (χ2n) is 6.03. The van der Waals surface area contributed by atoms with Gasteiger partial charge in [-0.3, -0.25) is 4.98 Å². The summed E-state index contributed by atoms with van der Waals surface area (Å²) >= 11 is 0. The van der Waals surface area contributed by atoms with Gasteiger partial charge in [-0.2, -0.15) is 0 Å². The van der Waals surface area contributed by atoms with Crippen LogP contribution >= 0.6 is 0 Å². The van der Waals surface area contributed by atoms with Crippen molar-refractivity contribution in [2.75, 3.05) is 24.5 Å². The summed E-state index contributed by atoms with van der Waals surface area (Å²) in [4.78, 5) is 6.85. The van der Waals surface area contributed by atoms with E-state index in [2.05, 4.69) is 42.0 Å². The molecule has 2 atom stereocenters. The Labute approximate surface area is 117 Å². The van der Waals surface area contributed by atoms with Crippen molar-refractivity contribution in [2.45, 2.75) is 40.2 Å². The van der Waals surface area contributed by atoms with E-state index in [1.807, 2.05) is 12.4 Å². The average molecular weight is 261 g/mol. The number of hydrogen-bond acceptors (Lipinski definition) is 3. The molecule has 1 aromatic heterocycles. The third-order valence-corrected chi connectivity index (χ3v) is 3.84. The number of aromatic nitrogens is 1. The number of anilines is 1. The van der Waals surface area contributed by atoms with E-state index in [0.29, 0.717) is 0 Å². The fraction of sp³-hybridized carbons (Fsp3) is 0.688. The summed E-state index contributed by atoms with van der Waals surface area (Å²) in [6.07, 6.45) is 6.47. The third-order valence-electron chi connectivity index (χ3n) is 3.84. The molecule has 0 aromatic carbocycles. The summed E-state index contributed by atoms with van der Waals surface area (Å²) in [5.41, 5.74) is 2.70. The first kappa shape index (κ1) is 14.3. The molecule has 1 saturated heterocycles. The van der Waals surface area contributed by atoms with Crippen molar-refractivity contribution in [3.8, 4) is 0 Å². The van der Waals surface area contributed by atoms with E-state index in [-0.39, 0.29) is 0 Å². The second kappa shape index (κ2) is 6.90. The highest BCUT2D eigenvalue weighted by Crippen LogP contribution is 2.28. The first-order valence-electron chi connectivity index (χ1n) is 7.59. The van der Waals surface area contributed by atoms with Gasteiger partial charge in [0.2, 0.25) is 0 Å². The molecule has 2 rings (SSSR count). The highest BCUT2D eigenvalue weighted by molar-refractivity contribution is 5.52. The lowest BCUT2D eigenvalue weighted by molar-refractivity contribution is 0.356. The Kier molecular flexibility index (Phi) is 5.20. The number of nitrogens with zero attached hydrogens (tertiary/aromatic N) is 2. The van der Waals surface area contributed by atoms with Crippen molar-refractivity contribution in [1.29, 1.82) is 0 Å². The van der Waals surface area contributed by atoms with Crippen LogP contribution in [0.15, 0.2) is 18.5 Å². The monoisotopic (exact) mass is 261 g/mol. The molecule has 106 valence electrons. The molecule has 19 heavy (non-hydrogen) atoms. The Balaban J connectivity index is 2.09. The minimum absolute atomic E-state index is 0.778. The third kappa shape index (κ3) is 3.93. The molecule has 1 aromatic rings. The summed E-state index contributed by atoms with van der Waals surface area (Å²) in [6, 6.07) is 2.15. The molecule has 1 fully saturated rings. The number of nitrogens with one attached hydrogen (secondary N) is 1. The summed E-state index contributed by atoms with van der Waals surface area (Å²) in [5.74, 6) is 1.56. The van der Waals surface area contributed by atoms with E-state index in [9.17, 15) is 0 Å². The van der Waals surface area contributed by atoms with Crippen LogP contribution in [0.25, 0.3) is 0 Å². The van der Waals surface area contributed by atoms with Crippen LogP contribution in [-0.2, 0) is 6.54 Å². The molecule has 0 amide bonds. The van der Waals surface area contributed by atoms with Gasteiger partial charge >= 0.3 is 0 Å². The Morgan fingerprint density at radius 1 is 1.32 bits per heavy atom. The van der Waals surface area contributed by atoms with Crippen molar-refractivity contribution in [1.82, 2.24) is 10.3 Å². The van der Waals surface area contributed by atoms with Crippen molar-refractivity contribution in [3.63, 3.8) is 0 Å². The molecule has 2 heterocycles. The van der Waals surface area contributed by atoms with Gasteiger partial charge in [0.05, 0.1) is 11.9 Å². The van der Waals surface area contributed by atoms with Crippen LogP contribution in [-0.4, -0.2) is 24.6 Å². The van der Waals surface area contributed by atoms with Crippen molar-refractivity contribution in [3.05, 3.63) is 24.0 Å². The molecule has 0 aliphatic carbocycles. The van der Waals surface area contributed by atoms with Gasteiger partial charge in [-0.25, -0.2) is 0 Å². The van der Waals surface area contributed by atoms with Gasteiger partial charge in [0.1, 0.15) is 0 Å². The molecule has 1 aliphatic heterocycles. The maximum absolute atomic E-state index is 4.33. The SMILES string of the molecule is CCCNCc1ccncc1N1CC(C)CC(C)C1. The van der Waals surface area contributed by atoms with Crippen LogP contribution in [0.2, 0.25) is 0 Å². The second-order valence-corrected chi connectivity index (χ2v) is 6.03. The van der Waals surface area contributed by atoms with Crippen molar-refractivity contribution in [2.24, 2.45) is 11.8 Å². The van der Waals surface area contributed by atoms with Crippen molar-refractivity contribution < 1.29 is 0 Å². The Bertz CT molecular complexity index is 381. The highest BCUT2D eigenvalue weighted by atomic mass is 15.1. The zero-order valence-corrected chi connectivity index (χ0v) is 12.5. The van der Waals surface area contributed by atoms with Gasteiger partial charge in [0, 0.05) is 25.8 Å². The Morgan fingerprint density at radius 2 is 2.05 bits per heavy atom. The zero-order chi connectivity index (χ0) is 13.7. The smallest absolute Gasteiger partial charge is 0.0598 e. The Morgan fingerprint density at radius 3 is 2.74 bits per heavy atom. The van der Waals surface area contributed by atoms with E-state index in [4.69, 9.17) is 0 Å². The molecule has 1 aliphatic rings. The quantitative estimate of drug-likeness (QED) is 0.826. The van der Waals surface area contributed by atoms with Gasteiger partial charge in [-0.05, 0) is 42.9 Å². The van der Waals surface area contributed by atoms with Crippen LogP contribution < -0.4 is 10.2 Å². The molecular weight excluding hydrogens is 234 g/mol. The number of rotatable bonds is 5. The van der Waals surface area contributed by atoms with Gasteiger partial charge in [0.15, 0.2) is 0 Å². The molecule has 0 saturated carbocycles. The summed E-state index contributed by atoms with van der Waals surface area (Å²) in [5, 5.41) is 3.50. The topological polar surface area (TPSA) is 28.2 Å². The number of pyridine rings is 1. The molecule has 1 N–H and O–H groups in total. The normalized spacial score (nSPS) is 23.6. The lowest BCUT2D eigenvalue weighted by Gasteiger charge is -2.37. The number of piperidine rings is 1. The van der Waals surface area contributed by atoms with E-state index in [1.165, 1.54) is 24.1 Å². The van der Waals surface area contributed by atoms with E-state index in [1.54, 1.807) is 0 Å². The molecular formula is C16H27N3. The van der Waals surface area contributed by atoms with Crippen molar-refractivity contribution >= 4 is 5.69 Å². The van der Waals surface area contributed by atoms with Crippen LogP contribution in [0.5, 0.6) is 0 Å². The Hall–Kier alpha value is -1.09. The molecule has 0 spiro atoms. The summed E-state index contributed by atoms with van der Waals surface area (Å²) in [6.45, 7) is 11.3. The molecule has 3 heteroatoms. The van der Waals surface area contributed by atoms with Crippen LogP contribution in [0.4, 0.5) is 5.69 Å². The number of hydrogen-bond donors (Lipinski definition) is 1. The van der Waals surface area contributed by atoms with E-state index >= 15 is 0 Å². The van der Waals surface area contributed by atoms with Gasteiger partial charge < -0.3 is 10.2 Å². The minimum Gasteiger partial charge on any atom is -0.369 e. The first-order chi connectivity index (χ1) is 9.20. The minimum atomic E-state index is 0.778. The maximum atomic E-state index is 4.33. The standard InChI is InChI=1S/C16H27N3/c1-4-6-17-9-15-5-7-18-10-16(15)19-11-13(2)8-14(3)12-19/h5,7,10,13-14,17H,4,6,8-9,11-12H2,1-3H3. The van der Waals surface area contributed by atoms with E-state index in [0.717, 1.165) is 38.0 Å².